The minimum Gasteiger partial charge on any atom is -0.496 e. The lowest BCUT2D eigenvalue weighted by molar-refractivity contribution is 0.339. The lowest BCUT2D eigenvalue weighted by atomic mass is 9.92. The first-order valence-corrected chi connectivity index (χ1v) is 9.69. The topological polar surface area (TPSA) is 73.3 Å². The van der Waals surface area contributed by atoms with Crippen molar-refractivity contribution in [2.75, 3.05) is 12.8 Å². The van der Waals surface area contributed by atoms with Crippen LogP contribution in [0.15, 0.2) is 42.5 Å². The Morgan fingerprint density at radius 1 is 1.00 bits per heavy atom. The highest BCUT2D eigenvalue weighted by molar-refractivity contribution is 5.74. The number of benzene rings is 2. The number of methoxy groups -OCH3 is 1. The molecular formula is C22H29N3O. The third kappa shape index (κ3) is 3.71. The van der Waals surface area contributed by atoms with Gasteiger partial charge in [-0.25, -0.2) is 0 Å². The lowest BCUT2D eigenvalue weighted by Gasteiger charge is -2.27. The molecule has 4 rings (SSSR count). The fourth-order valence-corrected chi connectivity index (χ4v) is 4.20. The Hall–Kier alpha value is -2.04. The van der Waals surface area contributed by atoms with Gasteiger partial charge in [-0.1, -0.05) is 24.3 Å². The largest absolute Gasteiger partial charge is 0.496 e. The molecule has 2 fully saturated rings. The van der Waals surface area contributed by atoms with Gasteiger partial charge in [0.15, 0.2) is 0 Å². The van der Waals surface area contributed by atoms with Crippen molar-refractivity contribution in [2.24, 2.45) is 5.73 Å². The minimum atomic E-state index is 0.416. The first-order chi connectivity index (χ1) is 12.6. The number of anilines is 1. The molecule has 2 aromatic carbocycles. The fourth-order valence-electron chi connectivity index (χ4n) is 4.20. The van der Waals surface area contributed by atoms with Gasteiger partial charge in [-0.3, -0.25) is 0 Å². The summed E-state index contributed by atoms with van der Waals surface area (Å²) in [4.78, 5) is 0. The van der Waals surface area contributed by atoms with Gasteiger partial charge in [0, 0.05) is 35.3 Å². The van der Waals surface area contributed by atoms with Crippen molar-refractivity contribution in [1.82, 2.24) is 5.32 Å². The molecule has 26 heavy (non-hydrogen) atoms. The molecule has 0 aromatic heterocycles. The van der Waals surface area contributed by atoms with Crippen LogP contribution >= 0.6 is 0 Å². The molecule has 2 aliphatic rings. The zero-order chi connectivity index (χ0) is 18.1. The van der Waals surface area contributed by atoms with Gasteiger partial charge in [0.1, 0.15) is 5.75 Å². The summed E-state index contributed by atoms with van der Waals surface area (Å²) in [5.74, 6) is 1.50. The van der Waals surface area contributed by atoms with E-state index in [2.05, 4.69) is 29.6 Å². The van der Waals surface area contributed by atoms with E-state index in [0.717, 1.165) is 35.4 Å². The minimum absolute atomic E-state index is 0.416. The predicted octanol–water partition coefficient (Wildman–Crippen LogP) is 3.66. The maximum atomic E-state index is 6.01. The SMILES string of the molecule is COc1ccc(N)cc1-c1ccc([C@H]2C[C@@H]2NC2CCC(N)CC2)cc1. The average Bonchev–Trinajstić information content (AvgIpc) is 3.43. The summed E-state index contributed by atoms with van der Waals surface area (Å²) in [5, 5.41) is 3.84. The van der Waals surface area contributed by atoms with Crippen LogP contribution in [0.3, 0.4) is 0 Å². The summed E-state index contributed by atoms with van der Waals surface area (Å²) in [6, 6.07) is 16.3. The number of nitrogen functional groups attached to an aromatic ring is 1. The molecule has 0 bridgehead atoms. The Bertz CT molecular complexity index is 750. The molecule has 2 aliphatic carbocycles. The fraction of sp³-hybridized carbons (Fsp3) is 0.455. The van der Waals surface area contributed by atoms with Gasteiger partial charge in [-0.05, 0) is 61.4 Å². The van der Waals surface area contributed by atoms with Crippen LogP contribution in [0.2, 0.25) is 0 Å². The van der Waals surface area contributed by atoms with Crippen LogP contribution in [0.4, 0.5) is 5.69 Å². The molecule has 2 aromatic rings. The van der Waals surface area contributed by atoms with Crippen LogP contribution in [0, 0.1) is 0 Å². The second-order valence-electron chi connectivity index (χ2n) is 7.81. The van der Waals surface area contributed by atoms with Gasteiger partial charge in [0.05, 0.1) is 7.11 Å². The van der Waals surface area contributed by atoms with Crippen LogP contribution in [0.5, 0.6) is 5.75 Å². The summed E-state index contributed by atoms with van der Waals surface area (Å²) >= 11 is 0. The summed E-state index contributed by atoms with van der Waals surface area (Å²) in [6.07, 6.45) is 6.00. The monoisotopic (exact) mass is 351 g/mol. The number of hydrogen-bond donors (Lipinski definition) is 3. The molecule has 0 unspecified atom stereocenters. The molecule has 0 heterocycles. The Morgan fingerprint density at radius 3 is 2.42 bits per heavy atom. The number of ether oxygens (including phenoxy) is 1. The Kier molecular flexibility index (Phi) is 4.88. The van der Waals surface area contributed by atoms with Crippen LogP contribution in [-0.2, 0) is 0 Å². The summed E-state index contributed by atoms with van der Waals surface area (Å²) < 4.78 is 5.48. The quantitative estimate of drug-likeness (QED) is 0.719. The maximum Gasteiger partial charge on any atom is 0.126 e. The van der Waals surface area contributed by atoms with Crippen molar-refractivity contribution in [1.29, 1.82) is 0 Å². The average molecular weight is 351 g/mol. The van der Waals surface area contributed by atoms with Crippen LogP contribution in [0.1, 0.15) is 43.6 Å². The number of nitrogens with one attached hydrogen (secondary N) is 1. The van der Waals surface area contributed by atoms with E-state index in [1.807, 2.05) is 18.2 Å². The molecular weight excluding hydrogens is 322 g/mol. The molecule has 0 aliphatic heterocycles. The number of nitrogens with two attached hydrogens (primary N) is 2. The van der Waals surface area contributed by atoms with E-state index in [1.54, 1.807) is 7.11 Å². The first-order valence-electron chi connectivity index (χ1n) is 9.69. The van der Waals surface area contributed by atoms with Gasteiger partial charge in [0.2, 0.25) is 0 Å². The van der Waals surface area contributed by atoms with Crippen molar-refractivity contribution in [3.8, 4) is 16.9 Å². The van der Waals surface area contributed by atoms with E-state index in [9.17, 15) is 0 Å². The highest BCUT2D eigenvalue weighted by atomic mass is 16.5. The van der Waals surface area contributed by atoms with Crippen molar-refractivity contribution in [2.45, 2.75) is 56.1 Å². The second-order valence-corrected chi connectivity index (χ2v) is 7.81. The molecule has 4 heteroatoms. The van der Waals surface area contributed by atoms with E-state index in [4.69, 9.17) is 16.2 Å². The van der Waals surface area contributed by atoms with Crippen LogP contribution in [-0.4, -0.2) is 25.2 Å². The number of rotatable bonds is 5. The molecule has 0 amide bonds. The Balaban J connectivity index is 1.41. The van der Waals surface area contributed by atoms with Crippen molar-refractivity contribution < 1.29 is 4.74 Å². The summed E-state index contributed by atoms with van der Waals surface area (Å²) in [6.45, 7) is 0. The van der Waals surface area contributed by atoms with Crippen LogP contribution in [0.25, 0.3) is 11.1 Å². The normalized spacial score (nSPS) is 27.9. The van der Waals surface area contributed by atoms with Gasteiger partial charge >= 0.3 is 0 Å². The highest BCUT2D eigenvalue weighted by Crippen LogP contribution is 2.42. The van der Waals surface area contributed by atoms with Crippen LogP contribution < -0.4 is 21.5 Å². The smallest absolute Gasteiger partial charge is 0.126 e. The first kappa shape index (κ1) is 17.4. The van der Waals surface area contributed by atoms with Crippen molar-refractivity contribution in [3.05, 3.63) is 48.0 Å². The molecule has 0 radical (unpaired) electrons. The van der Waals surface area contributed by atoms with E-state index in [0.29, 0.717) is 24.0 Å². The second kappa shape index (κ2) is 7.29. The highest BCUT2D eigenvalue weighted by Gasteiger charge is 2.39. The molecule has 0 saturated heterocycles. The Labute approximate surface area is 155 Å². The van der Waals surface area contributed by atoms with E-state index in [-0.39, 0.29) is 0 Å². The van der Waals surface area contributed by atoms with E-state index < -0.39 is 0 Å². The molecule has 4 nitrogen and oxygen atoms in total. The van der Waals surface area contributed by atoms with Crippen molar-refractivity contribution in [3.63, 3.8) is 0 Å². The summed E-state index contributed by atoms with van der Waals surface area (Å²) in [5.41, 5.74) is 16.3. The van der Waals surface area contributed by atoms with Gasteiger partial charge in [-0.2, -0.15) is 0 Å². The molecule has 0 spiro atoms. The van der Waals surface area contributed by atoms with Crippen molar-refractivity contribution >= 4 is 5.69 Å². The lowest BCUT2D eigenvalue weighted by Crippen LogP contribution is -2.38. The standard InChI is InChI=1S/C22H29N3O/c1-26-22-11-8-17(24)12-20(22)15-4-2-14(3-5-15)19-13-21(19)25-18-9-6-16(23)7-10-18/h2-5,8,11-12,16,18-19,21,25H,6-7,9-10,13,23-24H2,1H3/t16?,18?,19-,21+/m1/s1. The van der Waals surface area contributed by atoms with Gasteiger partial charge in [-0.15, -0.1) is 0 Å². The zero-order valence-corrected chi connectivity index (χ0v) is 15.4. The van der Waals surface area contributed by atoms with E-state index in [1.165, 1.54) is 24.8 Å². The molecule has 2 atom stereocenters. The third-order valence-electron chi connectivity index (χ3n) is 5.89. The molecule has 5 N–H and O–H groups in total. The maximum absolute atomic E-state index is 6.01. The number of hydrogen-bond acceptors (Lipinski definition) is 4. The van der Waals surface area contributed by atoms with Gasteiger partial charge in [0.25, 0.3) is 0 Å². The summed E-state index contributed by atoms with van der Waals surface area (Å²) in [7, 11) is 1.70. The van der Waals surface area contributed by atoms with E-state index >= 15 is 0 Å². The Morgan fingerprint density at radius 2 is 1.73 bits per heavy atom. The van der Waals surface area contributed by atoms with Gasteiger partial charge < -0.3 is 21.5 Å². The molecule has 2 saturated carbocycles. The molecule has 138 valence electrons. The zero-order valence-electron chi connectivity index (χ0n) is 15.4. The third-order valence-corrected chi connectivity index (χ3v) is 5.89. The predicted molar refractivity (Wildman–Crippen MR) is 107 cm³/mol.